The molecule has 0 radical (unpaired) electrons. The van der Waals surface area contributed by atoms with Crippen molar-refractivity contribution < 1.29 is 0 Å². The monoisotopic (exact) mass is 231 g/mol. The molecule has 0 saturated carbocycles. The van der Waals surface area contributed by atoms with Crippen LogP contribution in [0.25, 0.3) is 0 Å². The first kappa shape index (κ1) is 14.5. The number of nitrogens with zero attached hydrogens (tertiary/aromatic N) is 2. The fourth-order valence-corrected chi connectivity index (χ4v) is 1.51. The number of hydrogen-bond acceptors (Lipinski definition) is 2. The van der Waals surface area contributed by atoms with Gasteiger partial charge in [0, 0.05) is 19.3 Å². The maximum Gasteiger partial charge on any atom is 0.0521 e. The zero-order valence-corrected chi connectivity index (χ0v) is 10.5. The van der Waals surface area contributed by atoms with Gasteiger partial charge in [-0.3, -0.25) is 4.68 Å². The van der Waals surface area contributed by atoms with E-state index in [9.17, 15) is 0 Å². The number of hydrogen-bond donors (Lipinski definition) is 1. The van der Waals surface area contributed by atoms with Crippen molar-refractivity contribution in [2.24, 2.45) is 0 Å². The third kappa shape index (κ3) is 5.19. The first-order chi connectivity index (χ1) is 6.88. The molecule has 0 bridgehead atoms. The van der Waals surface area contributed by atoms with Gasteiger partial charge in [-0.1, -0.05) is 19.8 Å². The second kappa shape index (κ2) is 8.74. The number of aryl methyl sites for hydroxylation is 1. The molecule has 0 unspecified atom stereocenters. The molecule has 0 fully saturated rings. The summed E-state index contributed by atoms with van der Waals surface area (Å²) < 4.78 is 2.03. The molecule has 0 aliphatic heterocycles. The van der Waals surface area contributed by atoms with E-state index in [-0.39, 0.29) is 12.4 Å². The Labute approximate surface area is 98.7 Å². The molecule has 88 valence electrons. The minimum atomic E-state index is 0. The average Bonchev–Trinajstić information content (AvgIpc) is 2.65. The lowest BCUT2D eigenvalue weighted by Gasteiger charge is -2.06. The van der Waals surface area contributed by atoms with Gasteiger partial charge in [0.2, 0.25) is 0 Å². The van der Waals surface area contributed by atoms with Crippen molar-refractivity contribution in [2.45, 2.75) is 46.2 Å². The molecule has 1 rings (SSSR count). The summed E-state index contributed by atoms with van der Waals surface area (Å²) >= 11 is 0. The van der Waals surface area contributed by atoms with E-state index in [0.717, 1.165) is 19.6 Å². The lowest BCUT2D eigenvalue weighted by atomic mass is 10.2. The Balaban J connectivity index is 0.00000196. The fourth-order valence-electron chi connectivity index (χ4n) is 1.51. The van der Waals surface area contributed by atoms with Gasteiger partial charge >= 0.3 is 0 Å². The summed E-state index contributed by atoms with van der Waals surface area (Å²) in [6, 6.07) is 2.08. The minimum absolute atomic E-state index is 0. The number of nitrogens with one attached hydrogen (secondary N) is 1. The number of rotatable bonds is 7. The summed E-state index contributed by atoms with van der Waals surface area (Å²) in [7, 11) is 0. The molecular formula is C11H22ClN3. The van der Waals surface area contributed by atoms with Gasteiger partial charge in [0.25, 0.3) is 0 Å². The largest absolute Gasteiger partial charge is 0.311 e. The molecule has 15 heavy (non-hydrogen) atoms. The van der Waals surface area contributed by atoms with Crippen LogP contribution in [-0.4, -0.2) is 16.3 Å². The summed E-state index contributed by atoms with van der Waals surface area (Å²) in [4.78, 5) is 0. The van der Waals surface area contributed by atoms with Crippen LogP contribution in [-0.2, 0) is 13.1 Å². The first-order valence-electron chi connectivity index (χ1n) is 5.59. The van der Waals surface area contributed by atoms with Crippen molar-refractivity contribution in [2.75, 3.05) is 6.54 Å². The van der Waals surface area contributed by atoms with Crippen molar-refractivity contribution in [3.05, 3.63) is 18.0 Å². The van der Waals surface area contributed by atoms with E-state index in [0.29, 0.717) is 0 Å². The average molecular weight is 232 g/mol. The van der Waals surface area contributed by atoms with Crippen LogP contribution in [0.3, 0.4) is 0 Å². The molecule has 1 aromatic heterocycles. The predicted molar refractivity (Wildman–Crippen MR) is 66.4 cm³/mol. The predicted octanol–water partition coefficient (Wildman–Crippen LogP) is 2.60. The van der Waals surface area contributed by atoms with Gasteiger partial charge in [-0.2, -0.15) is 5.10 Å². The standard InChI is InChI=1S/C11H21N3.ClH/c1-3-5-6-8-12-10-11-7-9-13-14(11)4-2;/h7,9,12H,3-6,8,10H2,1-2H3;1H. The van der Waals surface area contributed by atoms with Gasteiger partial charge in [-0.05, 0) is 26.0 Å². The maximum atomic E-state index is 4.23. The van der Waals surface area contributed by atoms with E-state index in [1.54, 1.807) is 0 Å². The fraction of sp³-hybridized carbons (Fsp3) is 0.727. The molecule has 0 amide bonds. The smallest absolute Gasteiger partial charge is 0.0521 e. The molecule has 0 atom stereocenters. The second-order valence-electron chi connectivity index (χ2n) is 3.52. The van der Waals surface area contributed by atoms with Gasteiger partial charge in [0.05, 0.1) is 5.69 Å². The number of halogens is 1. The van der Waals surface area contributed by atoms with Gasteiger partial charge in [-0.25, -0.2) is 0 Å². The Kier molecular flexibility index (Phi) is 8.43. The Hall–Kier alpha value is -0.540. The van der Waals surface area contributed by atoms with E-state index in [1.165, 1.54) is 25.0 Å². The van der Waals surface area contributed by atoms with Crippen LogP contribution in [0.1, 0.15) is 38.8 Å². The second-order valence-corrected chi connectivity index (χ2v) is 3.52. The van der Waals surface area contributed by atoms with Crippen LogP contribution in [0.2, 0.25) is 0 Å². The molecule has 0 saturated heterocycles. The number of aromatic nitrogens is 2. The molecule has 4 heteroatoms. The zero-order valence-electron chi connectivity index (χ0n) is 9.70. The lowest BCUT2D eigenvalue weighted by molar-refractivity contribution is 0.564. The highest BCUT2D eigenvalue weighted by molar-refractivity contribution is 5.85. The normalized spacial score (nSPS) is 10.0. The first-order valence-corrected chi connectivity index (χ1v) is 5.59. The van der Waals surface area contributed by atoms with Crippen molar-refractivity contribution in [3.8, 4) is 0 Å². The van der Waals surface area contributed by atoms with Crippen molar-refractivity contribution in [3.63, 3.8) is 0 Å². The quantitative estimate of drug-likeness (QED) is 0.732. The topological polar surface area (TPSA) is 29.9 Å². The summed E-state index contributed by atoms with van der Waals surface area (Å²) in [5.74, 6) is 0. The minimum Gasteiger partial charge on any atom is -0.311 e. The highest BCUT2D eigenvalue weighted by Crippen LogP contribution is 1.98. The molecule has 3 nitrogen and oxygen atoms in total. The van der Waals surface area contributed by atoms with Crippen LogP contribution in [0.5, 0.6) is 0 Å². The van der Waals surface area contributed by atoms with Gasteiger partial charge in [-0.15, -0.1) is 12.4 Å². The SMILES string of the molecule is CCCCCNCc1ccnn1CC.Cl. The molecule has 1 N–H and O–H groups in total. The highest BCUT2D eigenvalue weighted by Gasteiger charge is 1.98. The molecule has 1 heterocycles. The maximum absolute atomic E-state index is 4.23. The van der Waals surface area contributed by atoms with E-state index in [2.05, 4.69) is 30.3 Å². The summed E-state index contributed by atoms with van der Waals surface area (Å²) in [5, 5.41) is 7.66. The van der Waals surface area contributed by atoms with Crippen LogP contribution >= 0.6 is 12.4 Å². The van der Waals surface area contributed by atoms with Crippen LogP contribution < -0.4 is 5.32 Å². The molecule has 0 aliphatic rings. The Morgan fingerprint density at radius 2 is 2.13 bits per heavy atom. The molecular weight excluding hydrogens is 210 g/mol. The molecule has 0 aromatic carbocycles. The van der Waals surface area contributed by atoms with E-state index >= 15 is 0 Å². The van der Waals surface area contributed by atoms with Gasteiger partial charge in [0.1, 0.15) is 0 Å². The highest BCUT2D eigenvalue weighted by atomic mass is 35.5. The van der Waals surface area contributed by atoms with Crippen LogP contribution in [0.4, 0.5) is 0 Å². The summed E-state index contributed by atoms with van der Waals surface area (Å²) in [6.45, 7) is 7.36. The summed E-state index contributed by atoms with van der Waals surface area (Å²) in [5.41, 5.74) is 1.28. The summed E-state index contributed by atoms with van der Waals surface area (Å²) in [6.07, 6.45) is 5.75. The third-order valence-corrected chi connectivity index (χ3v) is 2.37. The lowest BCUT2D eigenvalue weighted by Crippen LogP contribution is -2.17. The van der Waals surface area contributed by atoms with E-state index < -0.39 is 0 Å². The number of unbranched alkanes of at least 4 members (excludes halogenated alkanes) is 2. The third-order valence-electron chi connectivity index (χ3n) is 2.37. The molecule has 1 aromatic rings. The zero-order chi connectivity index (χ0) is 10.2. The van der Waals surface area contributed by atoms with Gasteiger partial charge < -0.3 is 5.32 Å². The van der Waals surface area contributed by atoms with E-state index in [4.69, 9.17) is 0 Å². The van der Waals surface area contributed by atoms with Crippen molar-refractivity contribution in [1.29, 1.82) is 0 Å². The van der Waals surface area contributed by atoms with Gasteiger partial charge in [0.15, 0.2) is 0 Å². The van der Waals surface area contributed by atoms with Crippen LogP contribution in [0, 0.1) is 0 Å². The van der Waals surface area contributed by atoms with E-state index in [1.807, 2.05) is 10.9 Å². The van der Waals surface area contributed by atoms with Crippen molar-refractivity contribution >= 4 is 12.4 Å². The van der Waals surface area contributed by atoms with Crippen LogP contribution in [0.15, 0.2) is 12.3 Å². The molecule has 0 aliphatic carbocycles. The Bertz CT molecular complexity index is 248. The molecule has 0 spiro atoms. The van der Waals surface area contributed by atoms with Crippen molar-refractivity contribution in [1.82, 2.24) is 15.1 Å². The Morgan fingerprint density at radius 1 is 1.33 bits per heavy atom. The Morgan fingerprint density at radius 3 is 2.80 bits per heavy atom.